The van der Waals surface area contributed by atoms with Crippen molar-refractivity contribution >= 4 is 0 Å². The molecule has 0 saturated carbocycles. The van der Waals surface area contributed by atoms with Crippen LogP contribution in [0, 0.1) is 0 Å². The maximum atomic E-state index is 5.99. The van der Waals surface area contributed by atoms with E-state index in [1.54, 1.807) is 7.11 Å². The molecule has 1 atom stereocenters. The monoisotopic (exact) mass is 293 g/mol. The summed E-state index contributed by atoms with van der Waals surface area (Å²) in [7, 11) is 1.68. The SMILES string of the molecule is CCCCCCCCOc1c(CC(C)N)cccc1OC. The molecule has 21 heavy (non-hydrogen) atoms. The van der Waals surface area contributed by atoms with Gasteiger partial charge in [-0.2, -0.15) is 0 Å². The van der Waals surface area contributed by atoms with Gasteiger partial charge in [-0.05, 0) is 31.4 Å². The van der Waals surface area contributed by atoms with Gasteiger partial charge in [0.25, 0.3) is 0 Å². The predicted octanol–water partition coefficient (Wildman–Crippen LogP) is 4.32. The second-order valence-electron chi connectivity index (χ2n) is 5.75. The molecule has 1 rings (SSSR count). The number of methoxy groups -OCH3 is 1. The van der Waals surface area contributed by atoms with Crippen LogP contribution in [-0.2, 0) is 6.42 Å². The maximum absolute atomic E-state index is 5.99. The highest BCUT2D eigenvalue weighted by atomic mass is 16.5. The molecular formula is C18H31NO2. The number of hydrogen-bond acceptors (Lipinski definition) is 3. The number of nitrogens with two attached hydrogens (primary N) is 1. The zero-order chi connectivity index (χ0) is 15.5. The number of para-hydroxylation sites is 1. The van der Waals surface area contributed by atoms with E-state index in [4.69, 9.17) is 15.2 Å². The van der Waals surface area contributed by atoms with E-state index < -0.39 is 0 Å². The minimum Gasteiger partial charge on any atom is -0.493 e. The topological polar surface area (TPSA) is 44.5 Å². The van der Waals surface area contributed by atoms with Crippen molar-refractivity contribution in [3.05, 3.63) is 23.8 Å². The molecule has 0 aromatic heterocycles. The largest absolute Gasteiger partial charge is 0.493 e. The van der Waals surface area contributed by atoms with E-state index in [0.29, 0.717) is 0 Å². The molecule has 0 aliphatic heterocycles. The Morgan fingerprint density at radius 3 is 2.48 bits per heavy atom. The van der Waals surface area contributed by atoms with Crippen LogP contribution >= 0.6 is 0 Å². The molecule has 0 amide bonds. The van der Waals surface area contributed by atoms with Crippen LogP contribution in [0.4, 0.5) is 0 Å². The fourth-order valence-electron chi connectivity index (χ4n) is 2.45. The standard InChI is InChI=1S/C18H31NO2/c1-4-5-6-7-8-9-13-21-18-16(14-15(2)19)11-10-12-17(18)20-3/h10-12,15H,4-9,13-14,19H2,1-3H3. The first-order valence-corrected chi connectivity index (χ1v) is 8.23. The van der Waals surface area contributed by atoms with Gasteiger partial charge in [-0.3, -0.25) is 0 Å². The van der Waals surface area contributed by atoms with Gasteiger partial charge in [0, 0.05) is 6.04 Å². The number of hydrogen-bond donors (Lipinski definition) is 1. The van der Waals surface area contributed by atoms with Gasteiger partial charge in [0.05, 0.1) is 13.7 Å². The Hall–Kier alpha value is -1.22. The van der Waals surface area contributed by atoms with E-state index in [0.717, 1.165) is 36.5 Å². The van der Waals surface area contributed by atoms with Gasteiger partial charge < -0.3 is 15.2 Å². The third-order valence-corrected chi connectivity index (χ3v) is 3.57. The summed E-state index contributed by atoms with van der Waals surface area (Å²) >= 11 is 0. The quantitative estimate of drug-likeness (QED) is 0.618. The summed E-state index contributed by atoms with van der Waals surface area (Å²) in [6.45, 7) is 5.00. The normalized spacial score (nSPS) is 12.2. The van der Waals surface area contributed by atoms with Gasteiger partial charge in [0.2, 0.25) is 0 Å². The van der Waals surface area contributed by atoms with Gasteiger partial charge >= 0.3 is 0 Å². The van der Waals surface area contributed by atoms with Crippen molar-refractivity contribution in [2.24, 2.45) is 5.73 Å². The van der Waals surface area contributed by atoms with Crippen LogP contribution in [0.1, 0.15) is 57.9 Å². The first kappa shape index (κ1) is 17.8. The third kappa shape index (κ3) is 6.85. The van der Waals surface area contributed by atoms with Crippen molar-refractivity contribution in [3.8, 4) is 11.5 Å². The van der Waals surface area contributed by atoms with Crippen molar-refractivity contribution < 1.29 is 9.47 Å². The third-order valence-electron chi connectivity index (χ3n) is 3.57. The van der Waals surface area contributed by atoms with Gasteiger partial charge in [-0.15, -0.1) is 0 Å². The second kappa shape index (κ2) is 10.5. The van der Waals surface area contributed by atoms with Crippen LogP contribution in [-0.4, -0.2) is 19.8 Å². The first-order chi connectivity index (χ1) is 10.2. The lowest BCUT2D eigenvalue weighted by Crippen LogP contribution is -2.18. The molecule has 120 valence electrons. The van der Waals surface area contributed by atoms with Gasteiger partial charge in [0.15, 0.2) is 11.5 Å². The molecule has 0 radical (unpaired) electrons. The molecule has 0 aliphatic carbocycles. The van der Waals surface area contributed by atoms with E-state index in [9.17, 15) is 0 Å². The molecule has 0 fully saturated rings. The summed E-state index contributed by atoms with van der Waals surface area (Å²) < 4.78 is 11.4. The molecule has 1 unspecified atom stereocenters. The van der Waals surface area contributed by atoms with Gasteiger partial charge in [-0.25, -0.2) is 0 Å². The van der Waals surface area contributed by atoms with Crippen molar-refractivity contribution in [2.75, 3.05) is 13.7 Å². The van der Waals surface area contributed by atoms with Crippen molar-refractivity contribution in [2.45, 2.75) is 64.8 Å². The molecule has 0 spiro atoms. The molecule has 0 aliphatic rings. The van der Waals surface area contributed by atoms with E-state index in [-0.39, 0.29) is 6.04 Å². The summed E-state index contributed by atoms with van der Waals surface area (Å²) in [5.41, 5.74) is 7.05. The van der Waals surface area contributed by atoms with Crippen LogP contribution in [0.15, 0.2) is 18.2 Å². The van der Waals surface area contributed by atoms with E-state index in [1.807, 2.05) is 19.1 Å². The van der Waals surface area contributed by atoms with Crippen LogP contribution in [0.25, 0.3) is 0 Å². The molecule has 0 bridgehead atoms. The predicted molar refractivity (Wildman–Crippen MR) is 89.2 cm³/mol. The van der Waals surface area contributed by atoms with Crippen molar-refractivity contribution in [3.63, 3.8) is 0 Å². The lowest BCUT2D eigenvalue weighted by Gasteiger charge is -2.16. The van der Waals surface area contributed by atoms with E-state index in [2.05, 4.69) is 13.0 Å². The summed E-state index contributed by atoms with van der Waals surface area (Å²) in [6.07, 6.45) is 8.40. The minimum atomic E-state index is 0.119. The lowest BCUT2D eigenvalue weighted by atomic mass is 10.1. The highest BCUT2D eigenvalue weighted by Crippen LogP contribution is 2.32. The number of unbranched alkanes of at least 4 members (excludes halogenated alkanes) is 5. The second-order valence-corrected chi connectivity index (χ2v) is 5.75. The minimum absolute atomic E-state index is 0.119. The van der Waals surface area contributed by atoms with Crippen LogP contribution in [0.5, 0.6) is 11.5 Å². The summed E-state index contributed by atoms with van der Waals surface area (Å²) in [6, 6.07) is 6.13. The Balaban J connectivity index is 2.48. The molecule has 2 N–H and O–H groups in total. The fraction of sp³-hybridized carbons (Fsp3) is 0.667. The van der Waals surface area contributed by atoms with Gasteiger partial charge in [0.1, 0.15) is 0 Å². The average Bonchev–Trinajstić information content (AvgIpc) is 2.46. The van der Waals surface area contributed by atoms with Crippen LogP contribution in [0.2, 0.25) is 0 Å². The lowest BCUT2D eigenvalue weighted by molar-refractivity contribution is 0.281. The number of ether oxygens (including phenoxy) is 2. The Labute approximate surface area is 129 Å². The average molecular weight is 293 g/mol. The summed E-state index contributed by atoms with van der Waals surface area (Å²) in [5, 5.41) is 0. The summed E-state index contributed by atoms with van der Waals surface area (Å²) in [4.78, 5) is 0. The Kier molecular flexibility index (Phi) is 8.91. The maximum Gasteiger partial charge on any atom is 0.164 e. The number of benzene rings is 1. The van der Waals surface area contributed by atoms with Gasteiger partial charge in [-0.1, -0.05) is 51.2 Å². The first-order valence-electron chi connectivity index (χ1n) is 8.23. The van der Waals surface area contributed by atoms with Crippen LogP contribution < -0.4 is 15.2 Å². The molecule has 0 heterocycles. The Morgan fingerprint density at radius 2 is 1.81 bits per heavy atom. The zero-order valence-electron chi connectivity index (χ0n) is 13.9. The highest BCUT2D eigenvalue weighted by Gasteiger charge is 2.11. The Morgan fingerprint density at radius 1 is 1.10 bits per heavy atom. The van der Waals surface area contributed by atoms with Crippen LogP contribution in [0.3, 0.4) is 0 Å². The van der Waals surface area contributed by atoms with E-state index in [1.165, 1.54) is 32.1 Å². The van der Waals surface area contributed by atoms with Crippen molar-refractivity contribution in [1.29, 1.82) is 0 Å². The van der Waals surface area contributed by atoms with E-state index >= 15 is 0 Å². The Bertz CT molecular complexity index is 391. The molecule has 0 saturated heterocycles. The summed E-state index contributed by atoms with van der Waals surface area (Å²) in [5.74, 6) is 1.67. The molecule has 1 aromatic carbocycles. The van der Waals surface area contributed by atoms with Crippen molar-refractivity contribution in [1.82, 2.24) is 0 Å². The fourth-order valence-corrected chi connectivity index (χ4v) is 2.45. The smallest absolute Gasteiger partial charge is 0.164 e. The highest BCUT2D eigenvalue weighted by molar-refractivity contribution is 5.47. The molecular weight excluding hydrogens is 262 g/mol. The zero-order valence-corrected chi connectivity index (χ0v) is 13.9. The molecule has 1 aromatic rings. The molecule has 3 nitrogen and oxygen atoms in total. The molecule has 3 heteroatoms. The number of rotatable bonds is 11.